The number of rotatable bonds is 60. The van der Waals surface area contributed by atoms with Gasteiger partial charge in [-0.15, -0.1) is 0 Å². The molecule has 0 saturated carbocycles. The standard InChI is InChI=1S/C66H125NO5/c1-3-5-7-9-11-13-15-34-38-42-46-50-54-58-64(69)63(62-68)67-65(70)59-55-51-47-43-39-36-32-30-28-26-24-22-20-18-17-19-21-23-25-27-29-31-33-37-41-45-49-53-57-61-72-66(71)60-56-52-48-44-40-35-16-14-12-10-8-6-4-2/h17,19,23,25,54,58,63-64,68-69H,3-16,18,20-22,24,26-53,55-57,59-62H2,1-2H3,(H,67,70)/b19-17-,25-23-,58-54+. The molecule has 2 atom stereocenters. The van der Waals surface area contributed by atoms with Crippen LogP contribution in [0.3, 0.4) is 0 Å². The van der Waals surface area contributed by atoms with Gasteiger partial charge >= 0.3 is 5.97 Å². The van der Waals surface area contributed by atoms with E-state index in [2.05, 4.69) is 43.5 Å². The molecule has 0 aromatic heterocycles. The summed E-state index contributed by atoms with van der Waals surface area (Å²) in [4.78, 5) is 24.5. The smallest absolute Gasteiger partial charge is 0.305 e. The first-order valence-electron chi connectivity index (χ1n) is 32.3. The fourth-order valence-electron chi connectivity index (χ4n) is 9.96. The van der Waals surface area contributed by atoms with Crippen LogP contribution in [0.1, 0.15) is 348 Å². The first kappa shape index (κ1) is 70.1. The molecule has 0 radical (unpaired) electrons. The maximum Gasteiger partial charge on any atom is 0.305 e. The highest BCUT2D eigenvalue weighted by Gasteiger charge is 2.18. The van der Waals surface area contributed by atoms with Crippen LogP contribution in [0.15, 0.2) is 36.5 Å². The Hall–Kier alpha value is -1.92. The zero-order chi connectivity index (χ0) is 52.2. The van der Waals surface area contributed by atoms with Gasteiger partial charge < -0.3 is 20.3 Å². The molecule has 2 unspecified atom stereocenters. The number of esters is 1. The summed E-state index contributed by atoms with van der Waals surface area (Å²) in [5.41, 5.74) is 0. The molecule has 0 rings (SSSR count). The van der Waals surface area contributed by atoms with E-state index < -0.39 is 12.1 Å². The van der Waals surface area contributed by atoms with Crippen molar-refractivity contribution in [2.24, 2.45) is 0 Å². The van der Waals surface area contributed by atoms with Crippen LogP contribution in [0.4, 0.5) is 0 Å². The van der Waals surface area contributed by atoms with Gasteiger partial charge in [-0.3, -0.25) is 9.59 Å². The Labute approximate surface area is 449 Å². The molecule has 0 aliphatic rings. The van der Waals surface area contributed by atoms with Crippen LogP contribution in [0, 0.1) is 0 Å². The Morgan fingerprint density at radius 1 is 0.389 bits per heavy atom. The molecule has 1 amide bonds. The van der Waals surface area contributed by atoms with Crippen molar-refractivity contribution in [3.63, 3.8) is 0 Å². The number of carbonyl (C=O) groups is 2. The number of nitrogens with one attached hydrogen (secondary N) is 1. The summed E-state index contributed by atoms with van der Waals surface area (Å²) in [7, 11) is 0. The quantitative estimate of drug-likeness (QED) is 0.0320. The lowest BCUT2D eigenvalue weighted by Gasteiger charge is -2.20. The van der Waals surface area contributed by atoms with Gasteiger partial charge in [-0.1, -0.05) is 307 Å². The summed E-state index contributed by atoms with van der Waals surface area (Å²) in [6.07, 6.45) is 77.7. The van der Waals surface area contributed by atoms with Crippen molar-refractivity contribution in [3.05, 3.63) is 36.5 Å². The fourth-order valence-corrected chi connectivity index (χ4v) is 9.96. The van der Waals surface area contributed by atoms with Crippen molar-refractivity contribution in [1.29, 1.82) is 0 Å². The van der Waals surface area contributed by atoms with Gasteiger partial charge in [-0.25, -0.2) is 0 Å². The minimum absolute atomic E-state index is 0.0132. The molecule has 3 N–H and O–H groups in total. The number of unbranched alkanes of at least 4 members (excludes halogenated alkanes) is 45. The molecule has 6 nitrogen and oxygen atoms in total. The molecule has 0 fully saturated rings. The summed E-state index contributed by atoms with van der Waals surface area (Å²) in [5.74, 6) is -0.0552. The normalized spacial score (nSPS) is 12.8. The monoisotopic (exact) mass is 1010 g/mol. The van der Waals surface area contributed by atoms with Crippen molar-refractivity contribution >= 4 is 11.9 Å². The van der Waals surface area contributed by atoms with Gasteiger partial charge in [0.15, 0.2) is 0 Å². The zero-order valence-corrected chi connectivity index (χ0v) is 48.4. The summed E-state index contributed by atoms with van der Waals surface area (Å²) in [6, 6.07) is -0.628. The number of hydrogen-bond acceptors (Lipinski definition) is 5. The first-order chi connectivity index (χ1) is 35.5. The van der Waals surface area contributed by atoms with Crippen molar-refractivity contribution in [3.8, 4) is 0 Å². The second-order valence-electron chi connectivity index (χ2n) is 22.1. The van der Waals surface area contributed by atoms with Gasteiger partial charge in [-0.2, -0.15) is 0 Å². The van der Waals surface area contributed by atoms with E-state index in [0.29, 0.717) is 19.4 Å². The van der Waals surface area contributed by atoms with E-state index >= 15 is 0 Å². The highest BCUT2D eigenvalue weighted by Crippen LogP contribution is 2.17. The van der Waals surface area contributed by atoms with E-state index in [4.69, 9.17) is 4.74 Å². The molecule has 0 aliphatic heterocycles. The van der Waals surface area contributed by atoms with E-state index in [-0.39, 0.29) is 18.5 Å². The van der Waals surface area contributed by atoms with Crippen molar-refractivity contribution in [1.82, 2.24) is 5.32 Å². The van der Waals surface area contributed by atoms with E-state index in [0.717, 1.165) is 44.9 Å². The number of aliphatic hydroxyl groups is 2. The number of carbonyl (C=O) groups excluding carboxylic acids is 2. The summed E-state index contributed by atoms with van der Waals surface area (Å²) in [6.45, 7) is 4.91. The molecular weight excluding hydrogens is 887 g/mol. The molecule has 0 aromatic carbocycles. The maximum absolute atomic E-state index is 12.4. The molecule has 0 aliphatic carbocycles. The molecule has 0 aromatic rings. The Morgan fingerprint density at radius 3 is 1.06 bits per heavy atom. The minimum atomic E-state index is -0.844. The van der Waals surface area contributed by atoms with Crippen LogP contribution < -0.4 is 5.32 Å². The SMILES string of the molecule is CCCCCCCCCCCCC/C=C/C(O)C(CO)NC(=O)CCCCCCCCCCCCCCC/C=C\C/C=C\CCCCCCCCCCCOC(=O)CCCCCCCCCCCCCCC. The predicted molar refractivity (Wildman–Crippen MR) is 315 cm³/mol. The molecule has 6 heteroatoms. The Bertz CT molecular complexity index is 1170. The van der Waals surface area contributed by atoms with Gasteiger partial charge in [0.2, 0.25) is 5.91 Å². The van der Waals surface area contributed by atoms with Crippen LogP contribution in [0.25, 0.3) is 0 Å². The predicted octanol–water partition coefficient (Wildman–Crippen LogP) is 20.4. The Morgan fingerprint density at radius 2 is 0.694 bits per heavy atom. The van der Waals surface area contributed by atoms with Crippen molar-refractivity contribution in [2.75, 3.05) is 13.2 Å². The lowest BCUT2D eigenvalue weighted by atomic mass is 10.0. The summed E-state index contributed by atoms with van der Waals surface area (Å²) >= 11 is 0. The molecule has 0 heterocycles. The zero-order valence-electron chi connectivity index (χ0n) is 48.4. The first-order valence-corrected chi connectivity index (χ1v) is 32.3. The lowest BCUT2D eigenvalue weighted by Crippen LogP contribution is -2.45. The molecule has 0 spiro atoms. The van der Waals surface area contributed by atoms with Gasteiger partial charge in [0.05, 0.1) is 25.4 Å². The van der Waals surface area contributed by atoms with Gasteiger partial charge in [0.1, 0.15) is 0 Å². The van der Waals surface area contributed by atoms with Crippen LogP contribution in [0.5, 0.6) is 0 Å². The van der Waals surface area contributed by atoms with Crippen molar-refractivity contribution in [2.45, 2.75) is 360 Å². The third-order valence-corrected chi connectivity index (χ3v) is 14.9. The second kappa shape index (κ2) is 61.6. The average Bonchev–Trinajstić information content (AvgIpc) is 3.38. The van der Waals surface area contributed by atoms with Crippen molar-refractivity contribution < 1.29 is 24.5 Å². The van der Waals surface area contributed by atoms with Crippen LogP contribution in [-0.2, 0) is 14.3 Å². The number of aliphatic hydroxyl groups excluding tert-OH is 2. The van der Waals surface area contributed by atoms with E-state index in [1.807, 2.05) is 6.08 Å². The summed E-state index contributed by atoms with van der Waals surface area (Å²) in [5, 5.41) is 23.1. The highest BCUT2D eigenvalue weighted by atomic mass is 16.5. The topological polar surface area (TPSA) is 95.9 Å². The van der Waals surface area contributed by atoms with Crippen LogP contribution in [-0.4, -0.2) is 47.4 Å². The average molecular weight is 1010 g/mol. The minimum Gasteiger partial charge on any atom is -0.466 e. The summed E-state index contributed by atoms with van der Waals surface area (Å²) < 4.78 is 5.48. The Balaban J connectivity index is 3.41. The molecular formula is C66H125NO5. The van der Waals surface area contributed by atoms with Gasteiger partial charge in [0.25, 0.3) is 0 Å². The molecule has 0 saturated heterocycles. The highest BCUT2D eigenvalue weighted by molar-refractivity contribution is 5.76. The van der Waals surface area contributed by atoms with E-state index in [1.54, 1.807) is 6.08 Å². The second-order valence-corrected chi connectivity index (χ2v) is 22.1. The maximum atomic E-state index is 12.4. The number of allylic oxidation sites excluding steroid dienone is 5. The Kier molecular flexibility index (Phi) is 60.0. The lowest BCUT2D eigenvalue weighted by molar-refractivity contribution is -0.143. The molecule has 424 valence electrons. The fraction of sp³-hybridized carbons (Fsp3) is 0.879. The molecule has 0 bridgehead atoms. The number of ether oxygens (including phenoxy) is 1. The van der Waals surface area contributed by atoms with Gasteiger partial charge in [0, 0.05) is 12.8 Å². The third-order valence-electron chi connectivity index (χ3n) is 14.9. The third kappa shape index (κ3) is 57.4. The number of amides is 1. The number of hydrogen-bond donors (Lipinski definition) is 3. The van der Waals surface area contributed by atoms with Gasteiger partial charge in [-0.05, 0) is 64.2 Å². The molecule has 72 heavy (non-hydrogen) atoms. The van der Waals surface area contributed by atoms with Crippen LogP contribution >= 0.6 is 0 Å². The largest absolute Gasteiger partial charge is 0.466 e. The van der Waals surface area contributed by atoms with Crippen LogP contribution in [0.2, 0.25) is 0 Å². The van der Waals surface area contributed by atoms with E-state index in [1.165, 1.54) is 276 Å². The van der Waals surface area contributed by atoms with E-state index in [9.17, 15) is 19.8 Å².